The van der Waals surface area contributed by atoms with E-state index < -0.39 is 28.5 Å². The van der Waals surface area contributed by atoms with Gasteiger partial charge in [-0.25, -0.2) is 13.2 Å². The van der Waals surface area contributed by atoms with Gasteiger partial charge in [-0.15, -0.1) is 0 Å². The highest BCUT2D eigenvalue weighted by Gasteiger charge is 2.28. The first-order valence-electron chi connectivity index (χ1n) is 10.6. The molecule has 0 saturated carbocycles. The van der Waals surface area contributed by atoms with Crippen LogP contribution in [0.3, 0.4) is 0 Å². The van der Waals surface area contributed by atoms with Gasteiger partial charge in [0.25, 0.3) is 5.91 Å². The largest absolute Gasteiger partial charge is 0.452 e. The number of sulfonamides is 1. The standard InChI is InChI=1S/C23H27ClN2O5S/c1-3-17-6-8-18(9-7-17)16(2)25-22(27)15-31-23(28)20-14-19(10-11-21(20)24)32(29,30)26-12-4-5-13-26/h6-11,14,16H,3-5,12-13,15H2,1-2H3,(H,25,27). The van der Waals surface area contributed by atoms with Crippen molar-refractivity contribution >= 4 is 33.5 Å². The molecule has 1 aliphatic heterocycles. The summed E-state index contributed by atoms with van der Waals surface area (Å²) >= 11 is 6.10. The Balaban J connectivity index is 1.62. The van der Waals surface area contributed by atoms with E-state index in [0.29, 0.717) is 13.1 Å². The average molecular weight is 479 g/mol. The highest BCUT2D eigenvalue weighted by atomic mass is 35.5. The Kier molecular flexibility index (Phi) is 7.92. The van der Waals surface area contributed by atoms with Gasteiger partial charge in [-0.3, -0.25) is 4.79 Å². The predicted molar refractivity (Wildman–Crippen MR) is 122 cm³/mol. The number of hydrogen-bond donors (Lipinski definition) is 1. The predicted octanol–water partition coefficient (Wildman–Crippen LogP) is 3.72. The van der Waals surface area contributed by atoms with Crippen LogP contribution in [0.4, 0.5) is 0 Å². The Labute approximate surface area is 193 Å². The lowest BCUT2D eigenvalue weighted by molar-refractivity contribution is -0.124. The van der Waals surface area contributed by atoms with Crippen molar-refractivity contribution in [2.45, 2.75) is 44.0 Å². The number of hydrogen-bond acceptors (Lipinski definition) is 5. The summed E-state index contributed by atoms with van der Waals surface area (Å²) in [5, 5.41) is 2.83. The van der Waals surface area contributed by atoms with Gasteiger partial charge in [-0.05, 0) is 55.5 Å². The molecule has 0 spiro atoms. The molecule has 2 aromatic rings. The zero-order valence-electron chi connectivity index (χ0n) is 18.1. The van der Waals surface area contributed by atoms with Crippen molar-refractivity contribution in [1.82, 2.24) is 9.62 Å². The van der Waals surface area contributed by atoms with E-state index in [2.05, 4.69) is 12.2 Å². The van der Waals surface area contributed by atoms with E-state index in [1.165, 1.54) is 28.1 Å². The number of benzene rings is 2. The van der Waals surface area contributed by atoms with E-state index in [1.54, 1.807) is 0 Å². The van der Waals surface area contributed by atoms with Crippen LogP contribution in [0, 0.1) is 0 Å². The summed E-state index contributed by atoms with van der Waals surface area (Å²) in [6.07, 6.45) is 2.54. The second-order valence-electron chi connectivity index (χ2n) is 7.71. The molecule has 1 atom stereocenters. The minimum Gasteiger partial charge on any atom is -0.452 e. The quantitative estimate of drug-likeness (QED) is 0.583. The van der Waals surface area contributed by atoms with E-state index in [4.69, 9.17) is 16.3 Å². The number of ether oxygens (including phenoxy) is 1. The Morgan fingerprint density at radius 2 is 1.78 bits per heavy atom. The Bertz CT molecular complexity index is 1080. The van der Waals surface area contributed by atoms with Crippen LogP contribution in [0.2, 0.25) is 5.02 Å². The van der Waals surface area contributed by atoms with Gasteiger partial charge in [0.15, 0.2) is 6.61 Å². The zero-order valence-corrected chi connectivity index (χ0v) is 19.7. The third-order valence-electron chi connectivity index (χ3n) is 5.46. The molecular weight excluding hydrogens is 452 g/mol. The van der Waals surface area contributed by atoms with Crippen LogP contribution in [0.1, 0.15) is 54.2 Å². The van der Waals surface area contributed by atoms with Crippen molar-refractivity contribution in [2.75, 3.05) is 19.7 Å². The fourth-order valence-corrected chi connectivity index (χ4v) is 5.25. The third-order valence-corrected chi connectivity index (χ3v) is 7.68. The molecule has 3 rings (SSSR count). The minimum atomic E-state index is -3.71. The van der Waals surface area contributed by atoms with Gasteiger partial charge in [0.2, 0.25) is 10.0 Å². The molecule has 0 bridgehead atoms. The van der Waals surface area contributed by atoms with Crippen LogP contribution in [-0.4, -0.2) is 44.3 Å². The number of nitrogens with zero attached hydrogens (tertiary/aromatic N) is 1. The first-order chi connectivity index (χ1) is 15.2. The molecular formula is C23H27ClN2O5S. The minimum absolute atomic E-state index is 0.0238. The van der Waals surface area contributed by atoms with Crippen LogP contribution in [0.5, 0.6) is 0 Å². The molecule has 1 unspecified atom stereocenters. The van der Waals surface area contributed by atoms with Gasteiger partial charge in [0, 0.05) is 13.1 Å². The smallest absolute Gasteiger partial charge is 0.340 e. The van der Waals surface area contributed by atoms with E-state index in [9.17, 15) is 18.0 Å². The number of carbonyl (C=O) groups is 2. The van der Waals surface area contributed by atoms with Crippen molar-refractivity contribution in [1.29, 1.82) is 0 Å². The number of esters is 1. The molecule has 0 aliphatic carbocycles. The Hall–Kier alpha value is -2.42. The molecule has 1 N–H and O–H groups in total. The first kappa shape index (κ1) is 24.2. The summed E-state index contributed by atoms with van der Waals surface area (Å²) in [6, 6.07) is 11.6. The topological polar surface area (TPSA) is 92.8 Å². The number of amides is 1. The molecule has 1 saturated heterocycles. The summed E-state index contributed by atoms with van der Waals surface area (Å²) in [5.74, 6) is -1.33. The van der Waals surface area contributed by atoms with E-state index in [1.807, 2.05) is 31.2 Å². The molecule has 7 nitrogen and oxygen atoms in total. The molecule has 1 fully saturated rings. The summed E-state index contributed by atoms with van der Waals surface area (Å²) in [4.78, 5) is 24.7. The van der Waals surface area contributed by atoms with Crippen LogP contribution < -0.4 is 5.32 Å². The van der Waals surface area contributed by atoms with Crippen LogP contribution in [0.25, 0.3) is 0 Å². The second-order valence-corrected chi connectivity index (χ2v) is 10.1. The number of aryl methyl sites for hydroxylation is 1. The average Bonchev–Trinajstić information content (AvgIpc) is 3.33. The molecule has 1 heterocycles. The van der Waals surface area contributed by atoms with Crippen molar-refractivity contribution in [2.24, 2.45) is 0 Å². The third kappa shape index (κ3) is 5.68. The second kappa shape index (κ2) is 10.5. The number of carbonyl (C=O) groups excluding carboxylic acids is 2. The molecule has 0 aromatic heterocycles. The first-order valence-corrected chi connectivity index (χ1v) is 12.4. The zero-order chi connectivity index (χ0) is 23.3. The molecule has 172 valence electrons. The van der Waals surface area contributed by atoms with Crippen molar-refractivity contribution < 1.29 is 22.7 Å². The Morgan fingerprint density at radius 3 is 2.41 bits per heavy atom. The summed E-state index contributed by atoms with van der Waals surface area (Å²) in [6.45, 7) is 4.30. The maximum Gasteiger partial charge on any atom is 0.340 e. The number of halogens is 1. The lowest BCUT2D eigenvalue weighted by Crippen LogP contribution is -2.31. The van der Waals surface area contributed by atoms with Crippen molar-refractivity contribution in [3.63, 3.8) is 0 Å². The van der Waals surface area contributed by atoms with Crippen molar-refractivity contribution in [3.05, 3.63) is 64.2 Å². The number of rotatable bonds is 8. The van der Waals surface area contributed by atoms with E-state index in [-0.39, 0.29) is 21.5 Å². The molecule has 2 aromatic carbocycles. The summed E-state index contributed by atoms with van der Waals surface area (Å²) < 4.78 is 32.0. The van der Waals surface area contributed by atoms with Crippen LogP contribution >= 0.6 is 11.6 Å². The Morgan fingerprint density at radius 1 is 1.12 bits per heavy atom. The molecule has 9 heteroatoms. The van der Waals surface area contributed by atoms with Crippen LogP contribution in [0.15, 0.2) is 47.4 Å². The summed E-state index contributed by atoms with van der Waals surface area (Å²) in [5.41, 5.74) is 2.04. The van der Waals surface area contributed by atoms with Gasteiger partial charge in [-0.2, -0.15) is 4.31 Å². The number of nitrogens with one attached hydrogen (secondary N) is 1. The van der Waals surface area contributed by atoms with Gasteiger partial charge >= 0.3 is 5.97 Å². The summed E-state index contributed by atoms with van der Waals surface area (Å²) in [7, 11) is -3.71. The van der Waals surface area contributed by atoms with Gasteiger partial charge in [0.05, 0.1) is 21.5 Å². The lowest BCUT2D eigenvalue weighted by Gasteiger charge is -2.17. The van der Waals surface area contributed by atoms with E-state index in [0.717, 1.165) is 24.8 Å². The van der Waals surface area contributed by atoms with E-state index >= 15 is 0 Å². The van der Waals surface area contributed by atoms with Crippen molar-refractivity contribution in [3.8, 4) is 0 Å². The van der Waals surface area contributed by atoms with Gasteiger partial charge in [-0.1, -0.05) is 42.8 Å². The monoisotopic (exact) mass is 478 g/mol. The molecule has 32 heavy (non-hydrogen) atoms. The normalized spacial score (nSPS) is 15.3. The maximum absolute atomic E-state index is 12.7. The highest BCUT2D eigenvalue weighted by Crippen LogP contribution is 2.26. The van der Waals surface area contributed by atoms with Crippen LogP contribution in [-0.2, 0) is 26.0 Å². The highest BCUT2D eigenvalue weighted by molar-refractivity contribution is 7.89. The lowest BCUT2D eigenvalue weighted by atomic mass is 10.1. The molecule has 1 amide bonds. The maximum atomic E-state index is 12.7. The molecule has 0 radical (unpaired) electrons. The fourth-order valence-electron chi connectivity index (χ4n) is 3.52. The SMILES string of the molecule is CCc1ccc(C(C)NC(=O)COC(=O)c2cc(S(=O)(=O)N3CCCC3)ccc2Cl)cc1. The van der Waals surface area contributed by atoms with Gasteiger partial charge < -0.3 is 10.1 Å². The molecule has 1 aliphatic rings. The fraction of sp³-hybridized carbons (Fsp3) is 0.391. The van der Waals surface area contributed by atoms with Gasteiger partial charge in [0.1, 0.15) is 0 Å².